The maximum absolute atomic E-state index is 12.5. The lowest BCUT2D eigenvalue weighted by molar-refractivity contribution is -0.137. The van der Waals surface area contributed by atoms with E-state index in [1.807, 2.05) is 0 Å². The minimum Gasteiger partial charge on any atom is -0.497 e. The molecule has 134 valence electrons. The molecule has 0 aliphatic rings. The fraction of sp³-hybridized carbons (Fsp3) is 0.235. The van der Waals surface area contributed by atoms with Crippen molar-refractivity contribution in [3.63, 3.8) is 0 Å². The monoisotopic (exact) mass is 354 g/mol. The molecule has 8 heteroatoms. The summed E-state index contributed by atoms with van der Waals surface area (Å²) in [5.41, 5.74) is 0.123. The molecule has 0 fully saturated rings. The third kappa shape index (κ3) is 5.03. The number of hydrogen-bond acceptors (Lipinski definition) is 4. The van der Waals surface area contributed by atoms with Gasteiger partial charge in [0.2, 0.25) is 5.91 Å². The quantitative estimate of drug-likeness (QED) is 0.829. The molecule has 0 saturated carbocycles. The molecule has 1 amide bonds. The number of carbonyl (C=O) groups is 1. The van der Waals surface area contributed by atoms with Crippen LogP contribution in [0.1, 0.15) is 5.56 Å². The van der Waals surface area contributed by atoms with Gasteiger partial charge in [-0.05, 0) is 36.4 Å². The summed E-state index contributed by atoms with van der Waals surface area (Å²) in [4.78, 5) is 12.0. The Kier molecular flexibility index (Phi) is 5.74. The highest BCUT2D eigenvalue weighted by Crippen LogP contribution is 2.30. The van der Waals surface area contributed by atoms with Gasteiger partial charge in [0.05, 0.1) is 32.0 Å². The molecule has 0 heterocycles. The number of carbonyl (C=O) groups excluding carboxylic acids is 1. The maximum Gasteiger partial charge on any atom is 0.416 e. The summed E-state index contributed by atoms with van der Waals surface area (Å²) in [6.45, 7) is -0.111. The minimum absolute atomic E-state index is 0.111. The molecular weight excluding hydrogens is 337 g/mol. The number of ether oxygens (including phenoxy) is 2. The zero-order valence-corrected chi connectivity index (χ0v) is 13.6. The molecule has 0 aliphatic heterocycles. The largest absolute Gasteiger partial charge is 0.497 e. The minimum atomic E-state index is -4.39. The van der Waals surface area contributed by atoms with Crippen LogP contribution in [0.2, 0.25) is 0 Å². The smallest absolute Gasteiger partial charge is 0.416 e. The Morgan fingerprint density at radius 3 is 2.28 bits per heavy atom. The molecule has 0 spiro atoms. The topological polar surface area (TPSA) is 59.6 Å². The highest BCUT2D eigenvalue weighted by molar-refractivity contribution is 5.95. The van der Waals surface area contributed by atoms with E-state index >= 15 is 0 Å². The fourth-order valence-corrected chi connectivity index (χ4v) is 2.06. The number of alkyl halides is 3. The van der Waals surface area contributed by atoms with Crippen LogP contribution in [0.25, 0.3) is 0 Å². The third-order valence-corrected chi connectivity index (χ3v) is 3.35. The molecule has 0 saturated heterocycles. The summed E-state index contributed by atoms with van der Waals surface area (Å²) in [6.07, 6.45) is -4.39. The van der Waals surface area contributed by atoms with E-state index < -0.39 is 11.7 Å². The summed E-state index contributed by atoms with van der Waals surface area (Å²) in [7, 11) is 2.98. The van der Waals surface area contributed by atoms with Gasteiger partial charge in [-0.2, -0.15) is 13.2 Å². The van der Waals surface area contributed by atoms with Crippen molar-refractivity contribution in [1.29, 1.82) is 0 Å². The van der Waals surface area contributed by atoms with Gasteiger partial charge in [0, 0.05) is 11.8 Å². The van der Waals surface area contributed by atoms with Crippen LogP contribution in [0.3, 0.4) is 0 Å². The Morgan fingerprint density at radius 2 is 1.72 bits per heavy atom. The Labute approximate surface area is 142 Å². The van der Waals surface area contributed by atoms with Gasteiger partial charge in [0.15, 0.2) is 0 Å². The normalized spacial score (nSPS) is 10.9. The average Bonchev–Trinajstić information content (AvgIpc) is 2.60. The number of methoxy groups -OCH3 is 2. The van der Waals surface area contributed by atoms with E-state index in [0.29, 0.717) is 22.9 Å². The van der Waals surface area contributed by atoms with E-state index in [1.54, 1.807) is 18.2 Å². The summed E-state index contributed by atoms with van der Waals surface area (Å²) >= 11 is 0. The molecule has 0 unspecified atom stereocenters. The highest BCUT2D eigenvalue weighted by atomic mass is 19.4. The molecule has 2 rings (SSSR count). The van der Waals surface area contributed by atoms with Gasteiger partial charge in [-0.3, -0.25) is 4.79 Å². The van der Waals surface area contributed by atoms with Crippen LogP contribution in [0.4, 0.5) is 24.5 Å². The molecule has 2 aromatic carbocycles. The first-order valence-electron chi connectivity index (χ1n) is 7.26. The van der Waals surface area contributed by atoms with Crippen molar-refractivity contribution in [1.82, 2.24) is 0 Å². The molecule has 2 aromatic rings. The lowest BCUT2D eigenvalue weighted by atomic mass is 10.2. The van der Waals surface area contributed by atoms with Crippen LogP contribution >= 0.6 is 0 Å². The van der Waals surface area contributed by atoms with Crippen molar-refractivity contribution >= 4 is 17.3 Å². The Balaban J connectivity index is 1.95. The second-order valence-electron chi connectivity index (χ2n) is 5.04. The van der Waals surface area contributed by atoms with Gasteiger partial charge in [-0.25, -0.2) is 0 Å². The summed E-state index contributed by atoms with van der Waals surface area (Å²) in [6, 6.07) is 9.36. The van der Waals surface area contributed by atoms with E-state index in [4.69, 9.17) is 9.47 Å². The first-order valence-corrected chi connectivity index (χ1v) is 7.26. The fourth-order valence-electron chi connectivity index (χ4n) is 2.06. The number of nitrogens with one attached hydrogen (secondary N) is 2. The van der Waals surface area contributed by atoms with E-state index in [1.165, 1.54) is 26.4 Å². The van der Waals surface area contributed by atoms with Crippen molar-refractivity contribution in [2.75, 3.05) is 31.4 Å². The zero-order chi connectivity index (χ0) is 18.4. The molecular formula is C17H17F3N2O3. The average molecular weight is 354 g/mol. The van der Waals surface area contributed by atoms with Gasteiger partial charge < -0.3 is 20.1 Å². The molecule has 5 nitrogen and oxygen atoms in total. The van der Waals surface area contributed by atoms with Gasteiger partial charge in [0.1, 0.15) is 11.5 Å². The zero-order valence-electron chi connectivity index (χ0n) is 13.6. The molecule has 0 aromatic heterocycles. The number of rotatable bonds is 6. The third-order valence-electron chi connectivity index (χ3n) is 3.35. The van der Waals surface area contributed by atoms with Crippen molar-refractivity contribution in [2.24, 2.45) is 0 Å². The second kappa shape index (κ2) is 7.78. The Hall–Kier alpha value is -2.90. The lowest BCUT2D eigenvalue weighted by Gasteiger charge is -2.13. The van der Waals surface area contributed by atoms with Gasteiger partial charge >= 0.3 is 6.18 Å². The van der Waals surface area contributed by atoms with Gasteiger partial charge in [-0.15, -0.1) is 0 Å². The Bertz CT molecular complexity index is 731. The van der Waals surface area contributed by atoms with Gasteiger partial charge in [0.25, 0.3) is 0 Å². The number of amides is 1. The molecule has 2 N–H and O–H groups in total. The molecule has 0 radical (unpaired) electrons. The van der Waals surface area contributed by atoms with Crippen molar-refractivity contribution in [3.8, 4) is 11.5 Å². The van der Waals surface area contributed by atoms with Crippen LogP contribution in [-0.4, -0.2) is 26.7 Å². The summed E-state index contributed by atoms with van der Waals surface area (Å²) in [5, 5.41) is 5.42. The van der Waals surface area contributed by atoms with Crippen molar-refractivity contribution in [3.05, 3.63) is 48.0 Å². The van der Waals surface area contributed by atoms with Crippen LogP contribution in [0.15, 0.2) is 42.5 Å². The molecule has 25 heavy (non-hydrogen) atoms. The maximum atomic E-state index is 12.5. The number of benzene rings is 2. The van der Waals surface area contributed by atoms with E-state index in [2.05, 4.69) is 10.6 Å². The van der Waals surface area contributed by atoms with Crippen LogP contribution in [0.5, 0.6) is 11.5 Å². The number of hydrogen-bond donors (Lipinski definition) is 2. The van der Waals surface area contributed by atoms with Gasteiger partial charge in [-0.1, -0.05) is 0 Å². The molecule has 0 atom stereocenters. The molecule has 0 aliphatic carbocycles. The predicted molar refractivity (Wildman–Crippen MR) is 88.1 cm³/mol. The van der Waals surface area contributed by atoms with E-state index in [0.717, 1.165) is 12.1 Å². The number of anilines is 2. The lowest BCUT2D eigenvalue weighted by Crippen LogP contribution is -2.22. The standard InChI is InChI=1S/C17H17F3N2O3/c1-24-13-7-8-14(15(9-13)25-2)22-16(23)10-21-12-5-3-11(4-6-12)17(18,19)20/h3-9,21H,10H2,1-2H3,(H,22,23). The second-order valence-corrected chi connectivity index (χ2v) is 5.04. The highest BCUT2D eigenvalue weighted by Gasteiger charge is 2.29. The van der Waals surface area contributed by atoms with E-state index in [9.17, 15) is 18.0 Å². The summed E-state index contributed by atoms with van der Waals surface area (Å²) in [5.74, 6) is 0.642. The first kappa shape index (κ1) is 18.4. The number of halogens is 3. The molecule has 0 bridgehead atoms. The summed E-state index contributed by atoms with van der Waals surface area (Å²) < 4.78 is 47.7. The first-order chi connectivity index (χ1) is 11.8. The van der Waals surface area contributed by atoms with Crippen molar-refractivity contribution < 1.29 is 27.4 Å². The predicted octanol–water partition coefficient (Wildman–Crippen LogP) is 3.77. The van der Waals surface area contributed by atoms with Crippen molar-refractivity contribution in [2.45, 2.75) is 6.18 Å². The van der Waals surface area contributed by atoms with E-state index in [-0.39, 0.29) is 12.5 Å². The van der Waals surface area contributed by atoms with Crippen LogP contribution in [0, 0.1) is 0 Å². The SMILES string of the molecule is COc1ccc(NC(=O)CNc2ccc(C(F)(F)F)cc2)c(OC)c1. The van der Waals surface area contributed by atoms with Crippen LogP contribution in [-0.2, 0) is 11.0 Å². The van der Waals surface area contributed by atoms with Crippen LogP contribution < -0.4 is 20.1 Å². The Morgan fingerprint density at radius 1 is 1.04 bits per heavy atom.